The standard InChI is InChI=1S/C24H17BrClNO3/c25-16-9-11-17(12-10-16)29-13-14-30-24(28)20-15-23(19-6-1-3-7-21(19)26)27-22-8-4-2-5-18(20)22/h1-12,15H,13-14H2. The van der Waals surface area contributed by atoms with Crippen molar-refractivity contribution in [3.8, 4) is 17.0 Å². The van der Waals surface area contributed by atoms with Crippen molar-refractivity contribution in [3.63, 3.8) is 0 Å². The van der Waals surface area contributed by atoms with Crippen molar-refractivity contribution in [2.75, 3.05) is 13.2 Å². The van der Waals surface area contributed by atoms with Crippen molar-refractivity contribution >= 4 is 44.4 Å². The number of ether oxygens (including phenoxy) is 2. The highest BCUT2D eigenvalue weighted by Gasteiger charge is 2.16. The molecule has 0 aliphatic carbocycles. The highest BCUT2D eigenvalue weighted by Crippen LogP contribution is 2.30. The Labute approximate surface area is 187 Å². The van der Waals surface area contributed by atoms with E-state index in [1.165, 1.54) is 0 Å². The molecule has 0 unspecified atom stereocenters. The SMILES string of the molecule is O=C(OCCOc1ccc(Br)cc1)c1cc(-c2ccccc2Cl)nc2ccccc12. The molecule has 1 heterocycles. The molecule has 0 saturated heterocycles. The summed E-state index contributed by atoms with van der Waals surface area (Å²) in [7, 11) is 0. The van der Waals surface area contributed by atoms with Crippen LogP contribution in [0.1, 0.15) is 10.4 Å². The maximum absolute atomic E-state index is 12.8. The number of hydrogen-bond donors (Lipinski definition) is 0. The van der Waals surface area contributed by atoms with Gasteiger partial charge in [0.15, 0.2) is 0 Å². The monoisotopic (exact) mass is 481 g/mol. The molecule has 0 amide bonds. The zero-order valence-electron chi connectivity index (χ0n) is 15.8. The lowest BCUT2D eigenvalue weighted by Crippen LogP contribution is -2.13. The van der Waals surface area contributed by atoms with Crippen LogP contribution < -0.4 is 4.74 Å². The third-order valence-electron chi connectivity index (χ3n) is 4.48. The minimum absolute atomic E-state index is 0.132. The zero-order chi connectivity index (χ0) is 20.9. The van der Waals surface area contributed by atoms with E-state index < -0.39 is 5.97 Å². The molecule has 0 fully saturated rings. The number of pyridine rings is 1. The molecule has 4 nitrogen and oxygen atoms in total. The molecule has 0 N–H and O–H groups in total. The fourth-order valence-electron chi connectivity index (χ4n) is 3.05. The highest BCUT2D eigenvalue weighted by molar-refractivity contribution is 9.10. The number of carbonyl (C=O) groups excluding carboxylic acids is 1. The first-order chi connectivity index (χ1) is 14.6. The molecule has 0 radical (unpaired) electrons. The van der Waals surface area contributed by atoms with Crippen molar-refractivity contribution in [2.45, 2.75) is 0 Å². The fourth-order valence-corrected chi connectivity index (χ4v) is 3.55. The molecule has 4 rings (SSSR count). The van der Waals surface area contributed by atoms with Crippen LogP contribution in [0.15, 0.2) is 83.3 Å². The van der Waals surface area contributed by atoms with Crippen LogP contribution in [-0.2, 0) is 4.74 Å². The number of benzene rings is 3. The quantitative estimate of drug-likeness (QED) is 0.231. The van der Waals surface area contributed by atoms with Crippen molar-refractivity contribution in [1.82, 2.24) is 4.98 Å². The van der Waals surface area contributed by atoms with Gasteiger partial charge in [-0.1, -0.05) is 63.9 Å². The number of aromatic nitrogens is 1. The predicted octanol–water partition coefficient (Wildman–Crippen LogP) is 6.55. The molecule has 0 aliphatic heterocycles. The van der Waals surface area contributed by atoms with Gasteiger partial charge < -0.3 is 9.47 Å². The predicted molar refractivity (Wildman–Crippen MR) is 122 cm³/mol. The zero-order valence-corrected chi connectivity index (χ0v) is 18.2. The second-order valence-corrected chi connectivity index (χ2v) is 7.81. The van der Waals surface area contributed by atoms with Gasteiger partial charge in [0, 0.05) is 20.4 Å². The Morgan fingerprint density at radius 2 is 1.67 bits per heavy atom. The summed E-state index contributed by atoms with van der Waals surface area (Å²) in [6.07, 6.45) is 0. The molecule has 0 aliphatic rings. The molecule has 1 aromatic heterocycles. The summed E-state index contributed by atoms with van der Waals surface area (Å²) in [6.45, 7) is 0.390. The molecule has 0 atom stereocenters. The summed E-state index contributed by atoms with van der Waals surface area (Å²) < 4.78 is 12.1. The van der Waals surface area contributed by atoms with E-state index in [9.17, 15) is 4.79 Å². The van der Waals surface area contributed by atoms with Gasteiger partial charge in [-0.25, -0.2) is 9.78 Å². The molecule has 0 bridgehead atoms. The molecule has 0 spiro atoms. The lowest BCUT2D eigenvalue weighted by molar-refractivity contribution is 0.0452. The molecule has 4 aromatic rings. The fraction of sp³-hybridized carbons (Fsp3) is 0.0833. The maximum Gasteiger partial charge on any atom is 0.339 e. The Morgan fingerprint density at radius 3 is 2.47 bits per heavy atom. The molecular weight excluding hydrogens is 466 g/mol. The Balaban J connectivity index is 1.54. The smallest absolute Gasteiger partial charge is 0.339 e. The van der Waals surface area contributed by atoms with Crippen LogP contribution in [-0.4, -0.2) is 24.2 Å². The first-order valence-corrected chi connectivity index (χ1v) is 10.5. The first-order valence-electron chi connectivity index (χ1n) is 9.32. The van der Waals surface area contributed by atoms with E-state index in [0.29, 0.717) is 27.5 Å². The summed E-state index contributed by atoms with van der Waals surface area (Å²) in [5.41, 5.74) is 2.53. The number of carbonyl (C=O) groups is 1. The van der Waals surface area contributed by atoms with E-state index in [0.717, 1.165) is 15.4 Å². The number of hydrogen-bond acceptors (Lipinski definition) is 4. The van der Waals surface area contributed by atoms with Gasteiger partial charge in [0.1, 0.15) is 19.0 Å². The maximum atomic E-state index is 12.8. The molecular formula is C24H17BrClNO3. The second-order valence-electron chi connectivity index (χ2n) is 6.49. The van der Waals surface area contributed by atoms with Crippen LogP contribution >= 0.6 is 27.5 Å². The summed E-state index contributed by atoms with van der Waals surface area (Å²) in [6, 6.07) is 24.1. The topological polar surface area (TPSA) is 48.4 Å². The lowest BCUT2D eigenvalue weighted by Gasteiger charge is -2.11. The minimum atomic E-state index is -0.429. The molecule has 30 heavy (non-hydrogen) atoms. The van der Waals surface area contributed by atoms with Gasteiger partial charge in [0.05, 0.1) is 16.8 Å². The molecule has 6 heteroatoms. The number of rotatable bonds is 6. The van der Waals surface area contributed by atoms with Crippen molar-refractivity contribution < 1.29 is 14.3 Å². The van der Waals surface area contributed by atoms with Crippen molar-refractivity contribution in [2.24, 2.45) is 0 Å². The van der Waals surface area contributed by atoms with Crippen LogP contribution in [0.3, 0.4) is 0 Å². The van der Waals surface area contributed by atoms with E-state index in [1.54, 1.807) is 12.1 Å². The van der Waals surface area contributed by atoms with Gasteiger partial charge >= 0.3 is 5.97 Å². The number of para-hydroxylation sites is 1. The molecule has 0 saturated carbocycles. The van der Waals surface area contributed by atoms with Gasteiger partial charge in [-0.2, -0.15) is 0 Å². The van der Waals surface area contributed by atoms with Crippen molar-refractivity contribution in [1.29, 1.82) is 0 Å². The van der Waals surface area contributed by atoms with Gasteiger partial charge in [-0.3, -0.25) is 0 Å². The third-order valence-corrected chi connectivity index (χ3v) is 5.34. The van der Waals surface area contributed by atoms with Crippen LogP contribution in [0, 0.1) is 0 Å². The second kappa shape index (κ2) is 9.28. The van der Waals surface area contributed by atoms with E-state index in [4.69, 9.17) is 21.1 Å². The van der Waals surface area contributed by atoms with Crippen LogP contribution in [0.25, 0.3) is 22.2 Å². The van der Waals surface area contributed by atoms with Gasteiger partial charge in [0.2, 0.25) is 0 Å². The summed E-state index contributed by atoms with van der Waals surface area (Å²) >= 11 is 9.72. The average molecular weight is 483 g/mol. The highest BCUT2D eigenvalue weighted by atomic mass is 79.9. The molecule has 150 valence electrons. The summed E-state index contributed by atoms with van der Waals surface area (Å²) in [4.78, 5) is 17.5. The van der Waals surface area contributed by atoms with Gasteiger partial charge in [0.25, 0.3) is 0 Å². The van der Waals surface area contributed by atoms with E-state index >= 15 is 0 Å². The Kier molecular flexibility index (Phi) is 6.31. The van der Waals surface area contributed by atoms with E-state index in [-0.39, 0.29) is 13.2 Å². The first kappa shape index (κ1) is 20.4. The number of nitrogens with zero attached hydrogens (tertiary/aromatic N) is 1. The normalized spacial score (nSPS) is 10.7. The lowest BCUT2D eigenvalue weighted by atomic mass is 10.0. The Hall–Kier alpha value is -2.89. The summed E-state index contributed by atoms with van der Waals surface area (Å²) in [5.74, 6) is 0.283. The molecule has 3 aromatic carbocycles. The van der Waals surface area contributed by atoms with Crippen LogP contribution in [0.5, 0.6) is 5.75 Å². The largest absolute Gasteiger partial charge is 0.490 e. The average Bonchev–Trinajstić information content (AvgIpc) is 2.77. The minimum Gasteiger partial charge on any atom is -0.490 e. The van der Waals surface area contributed by atoms with Crippen molar-refractivity contribution in [3.05, 3.63) is 93.9 Å². The third kappa shape index (κ3) is 4.64. The Bertz CT molecular complexity index is 1190. The number of halogens is 2. The summed E-state index contributed by atoms with van der Waals surface area (Å²) in [5, 5.41) is 1.30. The number of esters is 1. The Morgan fingerprint density at radius 1 is 0.933 bits per heavy atom. The van der Waals surface area contributed by atoms with Gasteiger partial charge in [-0.05, 0) is 42.5 Å². The van der Waals surface area contributed by atoms with E-state index in [1.807, 2.05) is 66.7 Å². The van der Waals surface area contributed by atoms with Crippen LogP contribution in [0.4, 0.5) is 0 Å². The van der Waals surface area contributed by atoms with E-state index in [2.05, 4.69) is 20.9 Å². The van der Waals surface area contributed by atoms with Crippen LogP contribution in [0.2, 0.25) is 5.02 Å². The number of fused-ring (bicyclic) bond motifs is 1. The van der Waals surface area contributed by atoms with Gasteiger partial charge in [-0.15, -0.1) is 0 Å².